The van der Waals surface area contributed by atoms with Crippen molar-refractivity contribution in [3.8, 4) is 0 Å². The van der Waals surface area contributed by atoms with Crippen LogP contribution in [-0.4, -0.2) is 62.6 Å². The molecular formula is C16H24N4O4S2. The summed E-state index contributed by atoms with van der Waals surface area (Å²) in [5.41, 5.74) is 0. The highest BCUT2D eigenvalue weighted by atomic mass is 32.2. The van der Waals surface area contributed by atoms with E-state index in [1.165, 1.54) is 0 Å². The van der Waals surface area contributed by atoms with Gasteiger partial charge in [-0.3, -0.25) is 14.5 Å². The quantitative estimate of drug-likeness (QED) is 0.579. The van der Waals surface area contributed by atoms with Gasteiger partial charge in [0.1, 0.15) is 0 Å². The Morgan fingerprint density at radius 2 is 2.27 bits per heavy atom. The van der Waals surface area contributed by atoms with Crippen molar-refractivity contribution in [1.29, 1.82) is 0 Å². The number of fused-ring (bicyclic) bond motifs is 1. The molecule has 0 radical (unpaired) electrons. The Bertz CT molecular complexity index is 750. The van der Waals surface area contributed by atoms with Crippen molar-refractivity contribution in [2.45, 2.75) is 43.9 Å². The Kier molecular flexibility index (Phi) is 5.96. The summed E-state index contributed by atoms with van der Waals surface area (Å²) in [5, 5.41) is 7.76. The minimum Gasteiger partial charge on any atom is -0.353 e. The number of rotatable bonds is 7. The number of nitrogens with zero attached hydrogens (tertiary/aromatic N) is 1. The molecule has 2 aliphatic rings. The minimum absolute atomic E-state index is 0.0168. The second-order valence-corrected chi connectivity index (χ2v) is 9.64. The van der Waals surface area contributed by atoms with Crippen molar-refractivity contribution in [3.63, 3.8) is 0 Å². The second-order valence-electron chi connectivity index (χ2n) is 6.83. The molecule has 144 valence electrons. The van der Waals surface area contributed by atoms with Gasteiger partial charge in [-0.15, -0.1) is 11.3 Å². The van der Waals surface area contributed by atoms with Crippen LogP contribution in [0.4, 0.5) is 0 Å². The van der Waals surface area contributed by atoms with Gasteiger partial charge < -0.3 is 10.6 Å². The fourth-order valence-electron chi connectivity index (χ4n) is 3.62. The normalized spacial score (nSPS) is 26.3. The highest BCUT2D eigenvalue weighted by Gasteiger charge is 2.43. The van der Waals surface area contributed by atoms with E-state index in [4.69, 9.17) is 0 Å². The smallest absolute Gasteiger partial charge is 0.237 e. The standard InChI is InChI=1S/C16H24N4O4S2/c1-26(23,24)19-11-7-14-16(22)18-8-12(20(14)10-11)4-5-15(21)17-9-13-3-2-6-25-13/h2-3,6,11-12,14,19H,4-5,7-10H2,1H3,(H,17,21)(H,18,22)/t11-,12+,14-/m0/s1. The maximum absolute atomic E-state index is 12.1. The molecule has 1 aromatic heterocycles. The molecule has 0 saturated carbocycles. The van der Waals surface area contributed by atoms with Gasteiger partial charge in [0.05, 0.1) is 18.8 Å². The molecule has 1 aromatic rings. The van der Waals surface area contributed by atoms with Crippen LogP contribution in [0.3, 0.4) is 0 Å². The molecule has 3 atom stereocenters. The first-order valence-corrected chi connectivity index (χ1v) is 11.4. The molecule has 8 nitrogen and oxygen atoms in total. The largest absolute Gasteiger partial charge is 0.353 e. The molecule has 10 heteroatoms. The predicted octanol–water partition coefficient (Wildman–Crippen LogP) is -0.365. The van der Waals surface area contributed by atoms with Gasteiger partial charge in [-0.1, -0.05) is 6.07 Å². The van der Waals surface area contributed by atoms with E-state index in [0.29, 0.717) is 38.9 Å². The highest BCUT2D eigenvalue weighted by molar-refractivity contribution is 7.88. The van der Waals surface area contributed by atoms with Crippen molar-refractivity contribution in [3.05, 3.63) is 22.4 Å². The van der Waals surface area contributed by atoms with Crippen LogP contribution in [0.1, 0.15) is 24.1 Å². The number of amides is 2. The Hall–Kier alpha value is -1.49. The fraction of sp³-hybridized carbons (Fsp3) is 0.625. The van der Waals surface area contributed by atoms with Crippen molar-refractivity contribution in [2.24, 2.45) is 0 Å². The van der Waals surface area contributed by atoms with E-state index < -0.39 is 10.0 Å². The van der Waals surface area contributed by atoms with Crippen LogP contribution in [-0.2, 0) is 26.2 Å². The summed E-state index contributed by atoms with van der Waals surface area (Å²) in [5.74, 6) is -0.0851. The monoisotopic (exact) mass is 400 g/mol. The molecule has 0 bridgehead atoms. The second kappa shape index (κ2) is 8.03. The van der Waals surface area contributed by atoms with E-state index in [0.717, 1.165) is 11.1 Å². The van der Waals surface area contributed by atoms with Gasteiger partial charge in [-0.2, -0.15) is 0 Å². The lowest BCUT2D eigenvalue weighted by Gasteiger charge is -2.37. The van der Waals surface area contributed by atoms with Crippen LogP contribution >= 0.6 is 11.3 Å². The molecule has 2 aliphatic heterocycles. The number of thiophene rings is 1. The zero-order chi connectivity index (χ0) is 18.7. The summed E-state index contributed by atoms with van der Waals surface area (Å²) in [6.45, 7) is 1.51. The first-order valence-electron chi connectivity index (χ1n) is 8.61. The topological polar surface area (TPSA) is 108 Å². The Labute approximate surface area is 157 Å². The zero-order valence-electron chi connectivity index (χ0n) is 14.6. The van der Waals surface area contributed by atoms with E-state index in [-0.39, 0.29) is 29.9 Å². The molecule has 26 heavy (non-hydrogen) atoms. The van der Waals surface area contributed by atoms with Gasteiger partial charge in [0.25, 0.3) is 0 Å². The molecule has 0 aliphatic carbocycles. The van der Waals surface area contributed by atoms with Crippen molar-refractivity contribution in [2.75, 3.05) is 19.3 Å². The summed E-state index contributed by atoms with van der Waals surface area (Å²) < 4.78 is 25.5. The third kappa shape index (κ3) is 5.03. The van der Waals surface area contributed by atoms with Crippen molar-refractivity contribution < 1.29 is 18.0 Å². The summed E-state index contributed by atoms with van der Waals surface area (Å²) in [7, 11) is -3.31. The van der Waals surface area contributed by atoms with Gasteiger partial charge in [-0.25, -0.2) is 13.1 Å². The molecule has 3 rings (SSSR count). The highest BCUT2D eigenvalue weighted by Crippen LogP contribution is 2.26. The fourth-order valence-corrected chi connectivity index (χ4v) is 5.04. The first kappa shape index (κ1) is 19.3. The maximum Gasteiger partial charge on any atom is 0.237 e. The van der Waals surface area contributed by atoms with Gasteiger partial charge in [0.2, 0.25) is 21.8 Å². The van der Waals surface area contributed by atoms with E-state index in [9.17, 15) is 18.0 Å². The number of piperazine rings is 1. The number of nitrogens with one attached hydrogen (secondary N) is 3. The van der Waals surface area contributed by atoms with Crippen LogP contribution < -0.4 is 15.4 Å². The van der Waals surface area contributed by atoms with Gasteiger partial charge >= 0.3 is 0 Å². The lowest BCUT2D eigenvalue weighted by molar-refractivity contribution is -0.129. The Morgan fingerprint density at radius 3 is 2.96 bits per heavy atom. The average molecular weight is 401 g/mol. The molecule has 2 fully saturated rings. The van der Waals surface area contributed by atoms with Crippen LogP contribution in [0.15, 0.2) is 17.5 Å². The third-order valence-electron chi connectivity index (χ3n) is 4.75. The van der Waals surface area contributed by atoms with Crippen LogP contribution in [0.25, 0.3) is 0 Å². The maximum atomic E-state index is 12.1. The van der Waals surface area contributed by atoms with E-state index >= 15 is 0 Å². The molecule has 2 saturated heterocycles. The molecular weight excluding hydrogens is 376 g/mol. The van der Waals surface area contributed by atoms with Crippen molar-refractivity contribution >= 4 is 33.2 Å². The van der Waals surface area contributed by atoms with E-state index in [1.54, 1.807) is 11.3 Å². The van der Waals surface area contributed by atoms with Crippen LogP contribution in [0.2, 0.25) is 0 Å². The van der Waals surface area contributed by atoms with Gasteiger partial charge in [0.15, 0.2) is 0 Å². The Morgan fingerprint density at radius 1 is 1.46 bits per heavy atom. The number of hydrogen-bond donors (Lipinski definition) is 3. The van der Waals surface area contributed by atoms with Crippen molar-refractivity contribution in [1.82, 2.24) is 20.3 Å². The van der Waals surface area contributed by atoms with Crippen LogP contribution in [0.5, 0.6) is 0 Å². The average Bonchev–Trinajstić information content (AvgIpc) is 3.20. The zero-order valence-corrected chi connectivity index (χ0v) is 16.2. The third-order valence-corrected chi connectivity index (χ3v) is 6.39. The molecule has 0 spiro atoms. The Balaban J connectivity index is 1.51. The molecule has 0 aromatic carbocycles. The van der Waals surface area contributed by atoms with Crippen LogP contribution in [0, 0.1) is 0 Å². The number of carbonyl (C=O) groups is 2. The predicted molar refractivity (Wildman–Crippen MR) is 99.1 cm³/mol. The summed E-state index contributed by atoms with van der Waals surface area (Å²) >= 11 is 1.60. The molecule has 0 unspecified atom stereocenters. The minimum atomic E-state index is -3.31. The van der Waals surface area contributed by atoms with E-state index in [1.807, 2.05) is 22.4 Å². The summed E-state index contributed by atoms with van der Waals surface area (Å²) in [4.78, 5) is 27.3. The lowest BCUT2D eigenvalue weighted by Crippen LogP contribution is -2.58. The molecule has 3 N–H and O–H groups in total. The molecule has 2 amide bonds. The number of carbonyl (C=O) groups excluding carboxylic acids is 2. The summed E-state index contributed by atoms with van der Waals surface area (Å²) in [6, 6.07) is 3.36. The lowest BCUT2D eigenvalue weighted by atomic mass is 10.0. The SMILES string of the molecule is CS(=O)(=O)N[C@H]1C[C@H]2C(=O)NC[C@@H](CCC(=O)NCc3cccs3)N2C1. The first-order chi connectivity index (χ1) is 12.3. The van der Waals surface area contributed by atoms with Gasteiger partial charge in [0, 0.05) is 36.5 Å². The number of sulfonamides is 1. The molecule has 3 heterocycles. The van der Waals surface area contributed by atoms with Gasteiger partial charge in [-0.05, 0) is 24.3 Å². The van der Waals surface area contributed by atoms with E-state index in [2.05, 4.69) is 15.4 Å². The summed E-state index contributed by atoms with van der Waals surface area (Å²) in [6.07, 6.45) is 2.58. The number of hydrogen-bond acceptors (Lipinski definition) is 6.